The Morgan fingerprint density at radius 1 is 1.31 bits per heavy atom. The number of Topliss-reactive ketones (excluding diaryl/α,β-unsaturated/α-hetero) is 1. The second-order valence-electron chi connectivity index (χ2n) is 2.46. The number of aliphatic hydroxyl groups is 1. The Balaban J connectivity index is 3.86. The maximum absolute atomic E-state index is 11.4. The normalized spacial score (nSPS) is 11.6. The molecular formula is C7H15O5P. The van der Waals surface area contributed by atoms with Gasteiger partial charge in [0.1, 0.15) is 5.78 Å². The van der Waals surface area contributed by atoms with Crippen LogP contribution in [0.4, 0.5) is 0 Å². The van der Waals surface area contributed by atoms with Gasteiger partial charge in [-0.05, 0) is 0 Å². The highest BCUT2D eigenvalue weighted by atomic mass is 31.2. The van der Waals surface area contributed by atoms with E-state index >= 15 is 0 Å². The smallest absolute Gasteiger partial charge is 0.330 e. The highest BCUT2D eigenvalue weighted by Gasteiger charge is 2.21. The molecule has 0 radical (unpaired) electrons. The molecule has 78 valence electrons. The van der Waals surface area contributed by atoms with E-state index < -0.39 is 7.60 Å². The molecule has 0 spiro atoms. The molecule has 0 fully saturated rings. The van der Waals surface area contributed by atoms with Gasteiger partial charge in [-0.15, -0.1) is 0 Å². The van der Waals surface area contributed by atoms with E-state index in [4.69, 9.17) is 5.11 Å². The zero-order chi connectivity index (χ0) is 10.3. The Kier molecular flexibility index (Phi) is 6.16. The Morgan fingerprint density at radius 2 is 1.85 bits per heavy atom. The highest BCUT2D eigenvalue weighted by molar-refractivity contribution is 7.53. The van der Waals surface area contributed by atoms with E-state index in [1.807, 2.05) is 0 Å². The Morgan fingerprint density at radius 3 is 2.23 bits per heavy atom. The first-order valence-corrected chi connectivity index (χ1v) is 5.64. The average Bonchev–Trinajstić information content (AvgIpc) is 2.15. The zero-order valence-electron chi connectivity index (χ0n) is 7.86. The molecule has 0 aromatic rings. The number of hydrogen-bond donors (Lipinski definition) is 1. The van der Waals surface area contributed by atoms with Gasteiger partial charge in [-0.1, -0.05) is 0 Å². The standard InChI is InChI=1S/C7H15O5P/c1-11-13(10,12-2)6-4-7(9)3-5-8/h8H,3-6H2,1-2H3. The van der Waals surface area contributed by atoms with Crippen molar-refractivity contribution >= 4 is 13.4 Å². The summed E-state index contributed by atoms with van der Waals surface area (Å²) < 4.78 is 20.7. The van der Waals surface area contributed by atoms with Crippen molar-refractivity contribution in [1.82, 2.24) is 0 Å². The lowest BCUT2D eigenvalue weighted by Crippen LogP contribution is -2.05. The van der Waals surface area contributed by atoms with Crippen molar-refractivity contribution < 1.29 is 23.5 Å². The number of ketones is 1. The molecular weight excluding hydrogens is 195 g/mol. The van der Waals surface area contributed by atoms with Crippen LogP contribution in [0.3, 0.4) is 0 Å². The number of hydrogen-bond acceptors (Lipinski definition) is 5. The number of rotatable bonds is 7. The van der Waals surface area contributed by atoms with Gasteiger partial charge < -0.3 is 14.2 Å². The minimum atomic E-state index is -3.06. The van der Waals surface area contributed by atoms with Crippen molar-refractivity contribution in [1.29, 1.82) is 0 Å². The van der Waals surface area contributed by atoms with Crippen molar-refractivity contribution in [2.45, 2.75) is 12.8 Å². The van der Waals surface area contributed by atoms with Crippen LogP contribution in [0.1, 0.15) is 12.8 Å². The fraction of sp³-hybridized carbons (Fsp3) is 0.857. The fourth-order valence-corrected chi connectivity index (χ4v) is 1.81. The Labute approximate surface area is 77.6 Å². The first kappa shape index (κ1) is 12.8. The minimum Gasteiger partial charge on any atom is -0.396 e. The third-order valence-electron chi connectivity index (χ3n) is 1.61. The van der Waals surface area contributed by atoms with Gasteiger partial charge in [0, 0.05) is 33.7 Å². The lowest BCUT2D eigenvalue weighted by atomic mass is 10.2. The molecule has 0 aliphatic heterocycles. The molecule has 0 rings (SSSR count). The SMILES string of the molecule is COP(=O)(CCC(=O)CCO)OC. The third kappa shape index (κ3) is 5.16. The van der Waals surface area contributed by atoms with Crippen LogP contribution in [-0.2, 0) is 18.4 Å². The van der Waals surface area contributed by atoms with E-state index in [1.165, 1.54) is 14.2 Å². The molecule has 0 saturated heterocycles. The Hall–Kier alpha value is -0.220. The van der Waals surface area contributed by atoms with Crippen LogP contribution in [-0.4, -0.2) is 37.9 Å². The van der Waals surface area contributed by atoms with Gasteiger partial charge in [0.25, 0.3) is 0 Å². The van der Waals surface area contributed by atoms with Gasteiger partial charge in [-0.25, -0.2) is 0 Å². The average molecular weight is 210 g/mol. The van der Waals surface area contributed by atoms with Crippen LogP contribution >= 0.6 is 7.60 Å². The summed E-state index contributed by atoms with van der Waals surface area (Å²) in [7, 11) is -0.504. The molecule has 0 amide bonds. The van der Waals surface area contributed by atoms with Crippen molar-refractivity contribution in [2.75, 3.05) is 27.0 Å². The predicted octanol–water partition coefficient (Wildman–Crippen LogP) is 0.814. The highest BCUT2D eigenvalue weighted by Crippen LogP contribution is 2.46. The molecule has 0 aromatic heterocycles. The molecule has 6 heteroatoms. The molecule has 1 N–H and O–H groups in total. The summed E-state index contributed by atoms with van der Waals surface area (Å²) in [5.74, 6) is -0.142. The summed E-state index contributed by atoms with van der Waals surface area (Å²) in [6, 6.07) is 0. The third-order valence-corrected chi connectivity index (χ3v) is 3.50. The molecule has 0 saturated carbocycles. The Bertz CT molecular complexity index is 195. The molecule has 13 heavy (non-hydrogen) atoms. The summed E-state index contributed by atoms with van der Waals surface area (Å²) in [6.45, 7) is -0.177. The fourth-order valence-electron chi connectivity index (χ4n) is 0.768. The van der Waals surface area contributed by atoms with Crippen molar-refractivity contribution in [3.05, 3.63) is 0 Å². The van der Waals surface area contributed by atoms with Crippen LogP contribution in [0.25, 0.3) is 0 Å². The van der Waals surface area contributed by atoms with Gasteiger partial charge in [0.15, 0.2) is 0 Å². The van der Waals surface area contributed by atoms with Crippen molar-refractivity contribution in [3.8, 4) is 0 Å². The monoisotopic (exact) mass is 210 g/mol. The molecule has 0 aromatic carbocycles. The van der Waals surface area contributed by atoms with E-state index in [-0.39, 0.29) is 31.4 Å². The van der Waals surface area contributed by atoms with Gasteiger partial charge >= 0.3 is 7.60 Å². The molecule has 0 bridgehead atoms. The number of aliphatic hydroxyl groups excluding tert-OH is 1. The molecule has 5 nitrogen and oxygen atoms in total. The first-order chi connectivity index (χ1) is 6.08. The second-order valence-corrected chi connectivity index (χ2v) is 4.86. The molecule has 0 unspecified atom stereocenters. The van der Waals surface area contributed by atoms with E-state index in [2.05, 4.69) is 9.05 Å². The first-order valence-electron chi connectivity index (χ1n) is 3.91. The largest absolute Gasteiger partial charge is 0.396 e. The molecule has 0 atom stereocenters. The van der Waals surface area contributed by atoms with Crippen LogP contribution in [0.15, 0.2) is 0 Å². The summed E-state index contributed by atoms with van der Waals surface area (Å²) in [6.07, 6.45) is 0.270. The van der Waals surface area contributed by atoms with Gasteiger partial charge in [0.2, 0.25) is 0 Å². The summed E-state index contributed by atoms with van der Waals surface area (Å²) in [4.78, 5) is 10.9. The van der Waals surface area contributed by atoms with E-state index in [0.717, 1.165) is 0 Å². The topological polar surface area (TPSA) is 72.8 Å². The second kappa shape index (κ2) is 6.27. The number of carbonyl (C=O) groups excluding carboxylic acids is 1. The summed E-state index contributed by atoms with van der Waals surface area (Å²) in [5.41, 5.74) is 0. The molecule has 0 heterocycles. The minimum absolute atomic E-state index is 0.0683. The van der Waals surface area contributed by atoms with Crippen molar-refractivity contribution in [3.63, 3.8) is 0 Å². The maximum atomic E-state index is 11.4. The van der Waals surface area contributed by atoms with Crippen LogP contribution in [0.5, 0.6) is 0 Å². The van der Waals surface area contributed by atoms with E-state index in [1.54, 1.807) is 0 Å². The molecule has 0 aliphatic carbocycles. The lowest BCUT2D eigenvalue weighted by Gasteiger charge is -2.12. The van der Waals surface area contributed by atoms with E-state index in [9.17, 15) is 9.36 Å². The molecule has 0 aliphatic rings. The quantitative estimate of drug-likeness (QED) is 0.629. The van der Waals surface area contributed by atoms with Crippen LogP contribution in [0.2, 0.25) is 0 Å². The van der Waals surface area contributed by atoms with Crippen molar-refractivity contribution in [2.24, 2.45) is 0 Å². The van der Waals surface area contributed by atoms with E-state index in [0.29, 0.717) is 0 Å². The van der Waals surface area contributed by atoms with Gasteiger partial charge in [0.05, 0.1) is 6.16 Å². The summed E-state index contributed by atoms with van der Waals surface area (Å²) in [5, 5.41) is 8.43. The van der Waals surface area contributed by atoms with Gasteiger partial charge in [-0.3, -0.25) is 9.36 Å². The van der Waals surface area contributed by atoms with Gasteiger partial charge in [-0.2, -0.15) is 0 Å². The zero-order valence-corrected chi connectivity index (χ0v) is 8.75. The summed E-state index contributed by atoms with van der Waals surface area (Å²) >= 11 is 0. The lowest BCUT2D eigenvalue weighted by molar-refractivity contribution is -0.119. The van der Waals surface area contributed by atoms with Crippen LogP contribution in [0, 0.1) is 0 Å². The number of carbonyl (C=O) groups is 1. The predicted molar refractivity (Wildman–Crippen MR) is 47.8 cm³/mol. The van der Waals surface area contributed by atoms with Crippen LogP contribution < -0.4 is 0 Å². The maximum Gasteiger partial charge on any atom is 0.330 e.